The van der Waals surface area contributed by atoms with Gasteiger partial charge in [0.15, 0.2) is 0 Å². The van der Waals surface area contributed by atoms with Gasteiger partial charge in [-0.05, 0) is 12.1 Å². The van der Waals surface area contributed by atoms with Gasteiger partial charge in [0.2, 0.25) is 5.91 Å². The second-order valence-electron chi connectivity index (χ2n) is 4.69. The molecule has 0 unspecified atom stereocenters. The van der Waals surface area contributed by atoms with Gasteiger partial charge in [0.25, 0.3) is 0 Å². The van der Waals surface area contributed by atoms with Crippen molar-refractivity contribution in [2.75, 3.05) is 6.61 Å². The molecule has 88 valence electrons. The number of primary amides is 1. The fraction of sp³-hybridized carbons (Fsp3) is 0.500. The summed E-state index contributed by atoms with van der Waals surface area (Å²) >= 11 is 0. The highest BCUT2D eigenvalue weighted by atomic mass is 16.5. The third kappa shape index (κ3) is 3.88. The maximum absolute atomic E-state index is 10.5. The zero-order valence-corrected chi connectivity index (χ0v) is 9.99. The summed E-state index contributed by atoms with van der Waals surface area (Å²) in [5, 5.41) is 0. The lowest BCUT2D eigenvalue weighted by Crippen LogP contribution is -2.15. The summed E-state index contributed by atoms with van der Waals surface area (Å²) in [6, 6.07) is 3.79. The van der Waals surface area contributed by atoms with Crippen LogP contribution in [0, 0.1) is 0 Å². The van der Waals surface area contributed by atoms with Crippen LogP contribution in [0.2, 0.25) is 0 Å². The number of nitrogens with zero attached hydrogens (tertiary/aromatic N) is 1. The molecule has 0 atom stereocenters. The van der Waals surface area contributed by atoms with Crippen molar-refractivity contribution in [2.45, 2.75) is 32.6 Å². The smallest absolute Gasteiger partial charge is 0.220 e. The highest BCUT2D eigenvalue weighted by molar-refractivity contribution is 5.73. The van der Waals surface area contributed by atoms with E-state index in [0.717, 1.165) is 5.69 Å². The van der Waals surface area contributed by atoms with Crippen LogP contribution in [0.25, 0.3) is 0 Å². The van der Waals surface area contributed by atoms with Gasteiger partial charge in [0, 0.05) is 11.1 Å². The molecule has 0 aliphatic heterocycles. The minimum atomic E-state index is -0.362. The van der Waals surface area contributed by atoms with Gasteiger partial charge in [-0.1, -0.05) is 20.8 Å². The first-order valence-electron chi connectivity index (χ1n) is 5.27. The molecule has 0 aromatic carbocycles. The van der Waals surface area contributed by atoms with Crippen molar-refractivity contribution in [2.24, 2.45) is 5.73 Å². The first-order chi connectivity index (χ1) is 7.39. The summed E-state index contributed by atoms with van der Waals surface area (Å²) in [6.45, 7) is 6.60. The number of hydrogen-bond acceptors (Lipinski definition) is 3. The minimum absolute atomic E-state index is 0.0335. The van der Waals surface area contributed by atoms with Crippen molar-refractivity contribution in [3.63, 3.8) is 0 Å². The first-order valence-corrected chi connectivity index (χ1v) is 5.27. The molecule has 1 amide bonds. The first kappa shape index (κ1) is 12.5. The Morgan fingerprint density at radius 2 is 2.12 bits per heavy atom. The fourth-order valence-corrected chi connectivity index (χ4v) is 1.18. The quantitative estimate of drug-likeness (QED) is 0.842. The Balaban J connectivity index is 2.55. The topological polar surface area (TPSA) is 65.2 Å². The fourth-order valence-electron chi connectivity index (χ4n) is 1.18. The number of rotatable bonds is 4. The molecule has 1 aromatic rings. The standard InChI is InChI=1S/C12H18N2O2/c1-12(2,3)10-5-4-9(8-14-10)16-7-6-11(13)15/h4-5,8H,6-7H2,1-3H3,(H2,13,15). The Morgan fingerprint density at radius 1 is 1.44 bits per heavy atom. The highest BCUT2D eigenvalue weighted by Gasteiger charge is 2.14. The lowest BCUT2D eigenvalue weighted by Gasteiger charge is -2.17. The van der Waals surface area contributed by atoms with Crippen LogP contribution in [-0.2, 0) is 10.2 Å². The monoisotopic (exact) mass is 222 g/mol. The minimum Gasteiger partial charge on any atom is -0.491 e. The van der Waals surface area contributed by atoms with Gasteiger partial charge in [0.1, 0.15) is 5.75 Å². The molecule has 0 radical (unpaired) electrons. The third-order valence-electron chi connectivity index (χ3n) is 2.12. The van der Waals surface area contributed by atoms with E-state index < -0.39 is 0 Å². The van der Waals surface area contributed by atoms with Gasteiger partial charge in [-0.25, -0.2) is 0 Å². The van der Waals surface area contributed by atoms with Gasteiger partial charge in [-0.2, -0.15) is 0 Å². The number of carbonyl (C=O) groups excluding carboxylic acids is 1. The normalized spacial score (nSPS) is 11.2. The summed E-state index contributed by atoms with van der Waals surface area (Å²) in [7, 11) is 0. The van der Waals surface area contributed by atoms with Crippen molar-refractivity contribution < 1.29 is 9.53 Å². The van der Waals surface area contributed by atoms with Crippen LogP contribution in [-0.4, -0.2) is 17.5 Å². The maximum Gasteiger partial charge on any atom is 0.220 e. The number of amides is 1. The van der Waals surface area contributed by atoms with E-state index >= 15 is 0 Å². The molecule has 0 spiro atoms. The van der Waals surface area contributed by atoms with E-state index in [4.69, 9.17) is 10.5 Å². The second kappa shape index (κ2) is 4.96. The van der Waals surface area contributed by atoms with E-state index in [-0.39, 0.29) is 17.7 Å². The summed E-state index contributed by atoms with van der Waals surface area (Å²) in [5.74, 6) is 0.300. The summed E-state index contributed by atoms with van der Waals surface area (Å²) in [4.78, 5) is 14.8. The SMILES string of the molecule is CC(C)(C)c1ccc(OCCC(N)=O)cn1. The van der Waals surface area contributed by atoms with Crippen molar-refractivity contribution >= 4 is 5.91 Å². The number of pyridine rings is 1. The average Bonchev–Trinajstić information content (AvgIpc) is 2.16. The van der Waals surface area contributed by atoms with Crippen LogP contribution in [0.3, 0.4) is 0 Å². The second-order valence-corrected chi connectivity index (χ2v) is 4.69. The van der Waals surface area contributed by atoms with Crippen molar-refractivity contribution in [3.05, 3.63) is 24.0 Å². The number of hydrogen-bond donors (Lipinski definition) is 1. The Kier molecular flexibility index (Phi) is 3.88. The van der Waals surface area contributed by atoms with E-state index in [0.29, 0.717) is 12.4 Å². The molecule has 0 bridgehead atoms. The lowest BCUT2D eigenvalue weighted by molar-refractivity contribution is -0.118. The van der Waals surface area contributed by atoms with Crippen LogP contribution in [0.5, 0.6) is 5.75 Å². The Labute approximate surface area is 95.8 Å². The highest BCUT2D eigenvalue weighted by Crippen LogP contribution is 2.21. The van der Waals surface area contributed by atoms with Gasteiger partial charge in [-0.15, -0.1) is 0 Å². The zero-order valence-electron chi connectivity index (χ0n) is 9.99. The molecule has 1 rings (SSSR count). The van der Waals surface area contributed by atoms with Gasteiger partial charge in [0.05, 0.1) is 19.2 Å². The summed E-state index contributed by atoms with van der Waals surface area (Å²) in [5.41, 5.74) is 6.05. The van der Waals surface area contributed by atoms with E-state index in [2.05, 4.69) is 25.8 Å². The molecule has 0 saturated carbocycles. The molecule has 0 aliphatic rings. The molecule has 16 heavy (non-hydrogen) atoms. The predicted molar refractivity (Wildman–Crippen MR) is 62.2 cm³/mol. The van der Waals surface area contributed by atoms with Crippen LogP contribution in [0.4, 0.5) is 0 Å². The summed E-state index contributed by atoms with van der Waals surface area (Å²) in [6.07, 6.45) is 1.89. The molecule has 4 nitrogen and oxygen atoms in total. The Bertz CT molecular complexity index is 352. The number of nitrogens with two attached hydrogens (primary N) is 1. The van der Waals surface area contributed by atoms with Crippen LogP contribution in [0.1, 0.15) is 32.9 Å². The molecule has 0 saturated heterocycles. The lowest BCUT2D eigenvalue weighted by atomic mass is 9.92. The van der Waals surface area contributed by atoms with E-state index in [1.54, 1.807) is 6.20 Å². The molecular formula is C12H18N2O2. The molecule has 2 N–H and O–H groups in total. The van der Waals surface area contributed by atoms with Crippen LogP contribution in [0.15, 0.2) is 18.3 Å². The molecule has 4 heteroatoms. The van der Waals surface area contributed by atoms with Crippen LogP contribution >= 0.6 is 0 Å². The zero-order chi connectivity index (χ0) is 12.2. The number of ether oxygens (including phenoxy) is 1. The van der Waals surface area contributed by atoms with E-state index in [9.17, 15) is 4.79 Å². The van der Waals surface area contributed by atoms with E-state index in [1.807, 2.05) is 12.1 Å². The molecule has 1 aromatic heterocycles. The largest absolute Gasteiger partial charge is 0.491 e. The molecule has 0 aliphatic carbocycles. The molecule has 0 fully saturated rings. The Morgan fingerprint density at radius 3 is 2.56 bits per heavy atom. The maximum atomic E-state index is 10.5. The Hall–Kier alpha value is -1.58. The predicted octanol–water partition coefficient (Wildman–Crippen LogP) is 1.63. The van der Waals surface area contributed by atoms with Crippen LogP contribution < -0.4 is 10.5 Å². The van der Waals surface area contributed by atoms with Crippen molar-refractivity contribution in [1.29, 1.82) is 0 Å². The summed E-state index contributed by atoms with van der Waals surface area (Å²) < 4.78 is 5.32. The average molecular weight is 222 g/mol. The van der Waals surface area contributed by atoms with Crippen molar-refractivity contribution in [1.82, 2.24) is 4.98 Å². The number of carbonyl (C=O) groups is 1. The number of aromatic nitrogens is 1. The van der Waals surface area contributed by atoms with Crippen molar-refractivity contribution in [3.8, 4) is 5.75 Å². The molecular weight excluding hydrogens is 204 g/mol. The van der Waals surface area contributed by atoms with E-state index in [1.165, 1.54) is 0 Å². The third-order valence-corrected chi connectivity index (χ3v) is 2.12. The van der Waals surface area contributed by atoms with Gasteiger partial charge < -0.3 is 10.5 Å². The van der Waals surface area contributed by atoms with Gasteiger partial charge >= 0.3 is 0 Å². The van der Waals surface area contributed by atoms with Gasteiger partial charge in [-0.3, -0.25) is 9.78 Å². The molecule has 1 heterocycles.